The Morgan fingerprint density at radius 1 is 1.39 bits per heavy atom. The molecule has 1 amide bonds. The van der Waals surface area contributed by atoms with Crippen LogP contribution in [0.15, 0.2) is 24.3 Å². The molecule has 0 radical (unpaired) electrons. The van der Waals surface area contributed by atoms with Crippen molar-refractivity contribution in [1.29, 1.82) is 0 Å². The van der Waals surface area contributed by atoms with Gasteiger partial charge in [0.2, 0.25) is 0 Å². The fourth-order valence-electron chi connectivity index (χ4n) is 1.39. The lowest BCUT2D eigenvalue weighted by Crippen LogP contribution is -2.37. The van der Waals surface area contributed by atoms with E-state index in [9.17, 15) is 18.0 Å². The van der Waals surface area contributed by atoms with E-state index in [1.807, 2.05) is 6.92 Å². The van der Waals surface area contributed by atoms with Crippen molar-refractivity contribution >= 4 is 5.91 Å². The Kier molecular flexibility index (Phi) is 4.72. The highest BCUT2D eigenvalue weighted by Gasteiger charge is 2.34. The van der Waals surface area contributed by atoms with Gasteiger partial charge in [-0.25, -0.2) is 0 Å². The second-order valence-corrected chi connectivity index (χ2v) is 3.92. The Morgan fingerprint density at radius 2 is 2.00 bits per heavy atom. The van der Waals surface area contributed by atoms with E-state index in [0.717, 1.165) is 12.1 Å². The largest absolute Gasteiger partial charge is 0.417 e. The summed E-state index contributed by atoms with van der Waals surface area (Å²) in [6.45, 7) is 1.99. The van der Waals surface area contributed by atoms with E-state index in [-0.39, 0.29) is 18.2 Å². The molecule has 0 heterocycles. The molecule has 18 heavy (non-hydrogen) atoms. The molecule has 0 saturated carbocycles. The van der Waals surface area contributed by atoms with E-state index in [1.54, 1.807) is 0 Å². The summed E-state index contributed by atoms with van der Waals surface area (Å²) in [5, 5.41) is 2.40. The number of benzene rings is 1. The Bertz CT molecular complexity index is 418. The van der Waals surface area contributed by atoms with Crippen LogP contribution in [0.25, 0.3) is 0 Å². The van der Waals surface area contributed by atoms with Crippen molar-refractivity contribution in [2.75, 3.05) is 6.54 Å². The highest BCUT2D eigenvalue weighted by atomic mass is 19.4. The number of nitrogens with one attached hydrogen (secondary N) is 1. The molecule has 6 heteroatoms. The fraction of sp³-hybridized carbons (Fsp3) is 0.417. The van der Waals surface area contributed by atoms with Crippen molar-refractivity contribution in [1.82, 2.24) is 5.32 Å². The normalized spacial score (nSPS) is 13.2. The van der Waals surface area contributed by atoms with Gasteiger partial charge in [0.1, 0.15) is 0 Å². The van der Waals surface area contributed by atoms with Crippen LogP contribution in [0.5, 0.6) is 0 Å². The third-order valence-electron chi connectivity index (χ3n) is 2.53. The number of hydrogen-bond acceptors (Lipinski definition) is 2. The van der Waals surface area contributed by atoms with E-state index in [2.05, 4.69) is 5.32 Å². The van der Waals surface area contributed by atoms with Crippen LogP contribution < -0.4 is 11.1 Å². The highest BCUT2D eigenvalue weighted by molar-refractivity contribution is 5.95. The van der Waals surface area contributed by atoms with Crippen LogP contribution in [-0.4, -0.2) is 18.5 Å². The van der Waals surface area contributed by atoms with Gasteiger partial charge in [-0.1, -0.05) is 19.1 Å². The minimum absolute atomic E-state index is 0.154. The predicted molar refractivity (Wildman–Crippen MR) is 62.0 cm³/mol. The number of rotatable bonds is 4. The topological polar surface area (TPSA) is 55.1 Å². The van der Waals surface area contributed by atoms with E-state index >= 15 is 0 Å². The lowest BCUT2D eigenvalue weighted by molar-refractivity contribution is -0.137. The third-order valence-corrected chi connectivity index (χ3v) is 2.53. The first-order valence-corrected chi connectivity index (χ1v) is 5.56. The summed E-state index contributed by atoms with van der Waals surface area (Å²) >= 11 is 0. The van der Waals surface area contributed by atoms with E-state index in [0.29, 0.717) is 6.42 Å². The van der Waals surface area contributed by atoms with Gasteiger partial charge in [-0.15, -0.1) is 0 Å². The zero-order valence-electron chi connectivity index (χ0n) is 9.92. The quantitative estimate of drug-likeness (QED) is 0.871. The zero-order chi connectivity index (χ0) is 13.8. The zero-order valence-corrected chi connectivity index (χ0v) is 9.92. The molecule has 100 valence electrons. The van der Waals surface area contributed by atoms with Crippen LogP contribution in [0.3, 0.4) is 0 Å². The van der Waals surface area contributed by atoms with Gasteiger partial charge < -0.3 is 11.1 Å². The Labute approximate surface area is 103 Å². The number of carbonyl (C=O) groups is 1. The van der Waals surface area contributed by atoms with Gasteiger partial charge in [0.15, 0.2) is 0 Å². The Balaban J connectivity index is 2.86. The lowest BCUT2D eigenvalue weighted by atomic mass is 10.1. The SMILES string of the molecule is CCC(N)CNC(=O)c1ccccc1C(F)(F)F. The molecule has 0 fully saturated rings. The molecule has 3 N–H and O–H groups in total. The number of amides is 1. The van der Waals surface area contributed by atoms with Gasteiger partial charge in [-0.2, -0.15) is 13.2 Å². The number of halogens is 3. The minimum Gasteiger partial charge on any atom is -0.350 e. The first-order chi connectivity index (χ1) is 8.36. The monoisotopic (exact) mass is 260 g/mol. The van der Waals surface area contributed by atoms with Crippen molar-refractivity contribution in [2.24, 2.45) is 5.73 Å². The molecular weight excluding hydrogens is 245 g/mol. The Hall–Kier alpha value is -1.56. The maximum atomic E-state index is 12.7. The summed E-state index contributed by atoms with van der Waals surface area (Å²) in [6.07, 6.45) is -3.90. The maximum absolute atomic E-state index is 12.7. The van der Waals surface area contributed by atoms with Gasteiger partial charge in [0.25, 0.3) is 5.91 Å². The molecule has 0 spiro atoms. The molecule has 0 bridgehead atoms. The summed E-state index contributed by atoms with van der Waals surface area (Å²) in [6, 6.07) is 4.41. The van der Waals surface area contributed by atoms with Crippen LogP contribution in [0.4, 0.5) is 13.2 Å². The molecule has 0 aliphatic heterocycles. The van der Waals surface area contributed by atoms with Crippen molar-refractivity contribution < 1.29 is 18.0 Å². The summed E-state index contributed by atoms with van der Waals surface area (Å²) in [5.41, 5.74) is 4.27. The maximum Gasteiger partial charge on any atom is 0.417 e. The molecule has 1 aromatic rings. The predicted octanol–water partition coefficient (Wildman–Crippen LogP) is 2.17. The van der Waals surface area contributed by atoms with Crippen LogP contribution >= 0.6 is 0 Å². The molecule has 3 nitrogen and oxygen atoms in total. The molecular formula is C12H15F3N2O. The second kappa shape index (κ2) is 5.86. The van der Waals surface area contributed by atoms with Crippen molar-refractivity contribution in [3.8, 4) is 0 Å². The van der Waals surface area contributed by atoms with Gasteiger partial charge in [0.05, 0.1) is 11.1 Å². The third kappa shape index (κ3) is 3.73. The molecule has 0 aliphatic carbocycles. The summed E-state index contributed by atoms with van der Waals surface area (Å²) in [5.74, 6) is -0.758. The molecule has 1 unspecified atom stereocenters. The smallest absolute Gasteiger partial charge is 0.350 e. The average molecular weight is 260 g/mol. The fourth-order valence-corrected chi connectivity index (χ4v) is 1.39. The van der Waals surface area contributed by atoms with Gasteiger partial charge in [0, 0.05) is 12.6 Å². The highest BCUT2D eigenvalue weighted by Crippen LogP contribution is 2.31. The summed E-state index contributed by atoms with van der Waals surface area (Å²) in [7, 11) is 0. The number of carbonyl (C=O) groups excluding carboxylic acids is 1. The molecule has 1 rings (SSSR count). The van der Waals surface area contributed by atoms with Gasteiger partial charge in [-0.05, 0) is 18.6 Å². The van der Waals surface area contributed by atoms with Gasteiger partial charge >= 0.3 is 6.18 Å². The molecule has 1 aromatic carbocycles. The summed E-state index contributed by atoms with van der Waals surface area (Å²) in [4.78, 5) is 11.7. The van der Waals surface area contributed by atoms with Crippen LogP contribution in [-0.2, 0) is 6.18 Å². The van der Waals surface area contributed by atoms with Crippen LogP contribution in [0.2, 0.25) is 0 Å². The molecule has 0 aliphatic rings. The number of alkyl halides is 3. The first-order valence-electron chi connectivity index (χ1n) is 5.56. The molecule has 0 aromatic heterocycles. The number of nitrogens with two attached hydrogens (primary N) is 1. The van der Waals surface area contributed by atoms with Crippen LogP contribution in [0.1, 0.15) is 29.3 Å². The standard InChI is InChI=1S/C12H15F3N2O/c1-2-8(16)7-17-11(18)9-5-3-4-6-10(9)12(13,14)15/h3-6,8H,2,7,16H2,1H3,(H,17,18). The van der Waals surface area contributed by atoms with Gasteiger partial charge in [-0.3, -0.25) is 4.79 Å². The second-order valence-electron chi connectivity index (χ2n) is 3.92. The van der Waals surface area contributed by atoms with Crippen molar-refractivity contribution in [2.45, 2.75) is 25.6 Å². The van der Waals surface area contributed by atoms with E-state index in [1.165, 1.54) is 12.1 Å². The number of hydrogen-bond donors (Lipinski definition) is 2. The van der Waals surface area contributed by atoms with Crippen molar-refractivity contribution in [3.05, 3.63) is 35.4 Å². The van der Waals surface area contributed by atoms with Crippen LogP contribution in [0, 0.1) is 0 Å². The van der Waals surface area contributed by atoms with Crippen molar-refractivity contribution in [3.63, 3.8) is 0 Å². The molecule has 1 atom stereocenters. The first kappa shape index (κ1) is 14.5. The average Bonchev–Trinajstić information content (AvgIpc) is 2.34. The van der Waals surface area contributed by atoms with E-state index < -0.39 is 17.6 Å². The Morgan fingerprint density at radius 3 is 2.56 bits per heavy atom. The minimum atomic E-state index is -4.54. The molecule has 0 saturated heterocycles. The van der Waals surface area contributed by atoms with E-state index in [4.69, 9.17) is 5.73 Å². The lowest BCUT2D eigenvalue weighted by Gasteiger charge is -2.14. The summed E-state index contributed by atoms with van der Waals surface area (Å²) < 4.78 is 38.0.